The van der Waals surface area contributed by atoms with Gasteiger partial charge in [-0.1, -0.05) is 33.1 Å². The molecule has 1 aliphatic rings. The Morgan fingerprint density at radius 3 is 2.36 bits per heavy atom. The molecule has 0 radical (unpaired) electrons. The number of hydrogen-bond acceptors (Lipinski definition) is 1. The molecule has 0 aromatic heterocycles. The highest BCUT2D eigenvalue weighted by atomic mass is 14.6. The topological polar surface area (TPSA) is 26.0 Å². The summed E-state index contributed by atoms with van der Waals surface area (Å²) in [5.74, 6) is 0.853. The van der Waals surface area contributed by atoms with Crippen LogP contribution >= 0.6 is 0 Å². The highest BCUT2D eigenvalue weighted by molar-refractivity contribution is 4.92. The smallest absolute Gasteiger partial charge is 0.00180 e. The van der Waals surface area contributed by atoms with Crippen LogP contribution in [-0.4, -0.2) is 6.54 Å². The minimum absolute atomic E-state index is 0.552. The second-order valence-electron chi connectivity index (χ2n) is 4.11. The van der Waals surface area contributed by atoms with Gasteiger partial charge in [0, 0.05) is 0 Å². The van der Waals surface area contributed by atoms with E-state index < -0.39 is 0 Å². The first kappa shape index (κ1) is 9.05. The molecule has 1 heteroatoms. The second kappa shape index (κ2) is 3.57. The zero-order valence-electron chi connectivity index (χ0n) is 7.90. The van der Waals surface area contributed by atoms with Crippen molar-refractivity contribution < 1.29 is 0 Å². The van der Waals surface area contributed by atoms with Crippen LogP contribution < -0.4 is 5.73 Å². The number of hydrogen-bond donors (Lipinski definition) is 1. The zero-order valence-corrected chi connectivity index (χ0v) is 7.90. The monoisotopic (exact) mass is 155 g/mol. The van der Waals surface area contributed by atoms with Crippen molar-refractivity contribution >= 4 is 0 Å². The van der Waals surface area contributed by atoms with Gasteiger partial charge in [0.25, 0.3) is 0 Å². The SMILES string of the molecule is CCCC(C)C1(CN)CCC1. The van der Waals surface area contributed by atoms with Gasteiger partial charge in [-0.25, -0.2) is 0 Å². The highest BCUT2D eigenvalue weighted by Gasteiger charge is 2.39. The third-order valence-corrected chi connectivity index (χ3v) is 3.52. The predicted octanol–water partition coefficient (Wildman–Crippen LogP) is 2.55. The lowest BCUT2D eigenvalue weighted by molar-refractivity contribution is 0.0634. The highest BCUT2D eigenvalue weighted by Crippen LogP contribution is 2.47. The zero-order chi connectivity index (χ0) is 8.32. The Balaban J connectivity index is 2.40. The molecule has 0 aromatic carbocycles. The molecular weight excluding hydrogens is 134 g/mol. The molecule has 2 N–H and O–H groups in total. The molecule has 1 rings (SSSR count). The Bertz CT molecular complexity index is 111. The van der Waals surface area contributed by atoms with Crippen LogP contribution in [0.2, 0.25) is 0 Å². The summed E-state index contributed by atoms with van der Waals surface area (Å²) < 4.78 is 0. The molecule has 0 spiro atoms. The van der Waals surface area contributed by atoms with Crippen LogP contribution in [0.25, 0.3) is 0 Å². The summed E-state index contributed by atoms with van der Waals surface area (Å²) >= 11 is 0. The lowest BCUT2D eigenvalue weighted by Crippen LogP contribution is -2.42. The van der Waals surface area contributed by atoms with Crippen molar-refractivity contribution in [2.24, 2.45) is 17.1 Å². The molecule has 66 valence electrons. The molecule has 1 saturated carbocycles. The van der Waals surface area contributed by atoms with Gasteiger partial charge in [0.1, 0.15) is 0 Å². The summed E-state index contributed by atoms with van der Waals surface area (Å²) in [6.45, 7) is 5.54. The van der Waals surface area contributed by atoms with E-state index in [1.807, 2.05) is 0 Å². The first-order valence-corrected chi connectivity index (χ1v) is 4.95. The Labute approximate surface area is 70.4 Å². The van der Waals surface area contributed by atoms with Crippen LogP contribution in [0.1, 0.15) is 46.0 Å². The Morgan fingerprint density at radius 1 is 1.45 bits per heavy atom. The average molecular weight is 155 g/mol. The van der Waals surface area contributed by atoms with Crippen LogP contribution in [0, 0.1) is 11.3 Å². The fourth-order valence-corrected chi connectivity index (χ4v) is 2.27. The minimum atomic E-state index is 0.552. The molecule has 0 aromatic rings. The molecule has 0 bridgehead atoms. The van der Waals surface area contributed by atoms with E-state index in [1.54, 1.807) is 0 Å². The van der Waals surface area contributed by atoms with Crippen LogP contribution in [-0.2, 0) is 0 Å². The van der Waals surface area contributed by atoms with E-state index in [-0.39, 0.29) is 0 Å². The maximum Gasteiger partial charge on any atom is -0.00180 e. The van der Waals surface area contributed by atoms with Gasteiger partial charge in [0.2, 0.25) is 0 Å². The molecule has 0 amide bonds. The van der Waals surface area contributed by atoms with Crippen LogP contribution in [0.3, 0.4) is 0 Å². The lowest BCUT2D eigenvalue weighted by Gasteiger charge is -2.46. The Kier molecular flexibility index (Phi) is 2.94. The van der Waals surface area contributed by atoms with E-state index in [4.69, 9.17) is 5.73 Å². The summed E-state index contributed by atoms with van der Waals surface area (Å²) in [5, 5.41) is 0. The molecule has 1 unspecified atom stereocenters. The maximum absolute atomic E-state index is 5.80. The van der Waals surface area contributed by atoms with Gasteiger partial charge in [-0.3, -0.25) is 0 Å². The van der Waals surface area contributed by atoms with E-state index in [0.717, 1.165) is 12.5 Å². The summed E-state index contributed by atoms with van der Waals surface area (Å²) in [7, 11) is 0. The average Bonchev–Trinajstić information content (AvgIpc) is 1.87. The summed E-state index contributed by atoms with van der Waals surface area (Å²) in [5.41, 5.74) is 6.35. The van der Waals surface area contributed by atoms with Crippen molar-refractivity contribution in [3.05, 3.63) is 0 Å². The Hall–Kier alpha value is -0.0400. The first-order chi connectivity index (χ1) is 5.25. The van der Waals surface area contributed by atoms with E-state index in [2.05, 4.69) is 13.8 Å². The van der Waals surface area contributed by atoms with Crippen molar-refractivity contribution in [1.82, 2.24) is 0 Å². The van der Waals surface area contributed by atoms with Gasteiger partial charge in [-0.2, -0.15) is 0 Å². The quantitative estimate of drug-likeness (QED) is 0.663. The van der Waals surface area contributed by atoms with E-state index in [0.29, 0.717) is 5.41 Å². The molecule has 0 saturated heterocycles. The lowest BCUT2D eigenvalue weighted by atomic mass is 9.60. The van der Waals surface area contributed by atoms with Crippen LogP contribution in [0.4, 0.5) is 0 Å². The summed E-state index contributed by atoms with van der Waals surface area (Å²) in [4.78, 5) is 0. The predicted molar refractivity (Wildman–Crippen MR) is 49.4 cm³/mol. The molecule has 1 aliphatic carbocycles. The first-order valence-electron chi connectivity index (χ1n) is 4.95. The number of rotatable bonds is 4. The molecule has 11 heavy (non-hydrogen) atoms. The summed E-state index contributed by atoms with van der Waals surface area (Å²) in [6, 6.07) is 0. The molecule has 0 aliphatic heterocycles. The molecule has 0 heterocycles. The van der Waals surface area contributed by atoms with Gasteiger partial charge in [0.15, 0.2) is 0 Å². The molecular formula is C10H21N. The van der Waals surface area contributed by atoms with Gasteiger partial charge in [0.05, 0.1) is 0 Å². The minimum Gasteiger partial charge on any atom is -0.330 e. The third kappa shape index (κ3) is 1.58. The van der Waals surface area contributed by atoms with Crippen molar-refractivity contribution in [1.29, 1.82) is 0 Å². The maximum atomic E-state index is 5.80. The second-order valence-corrected chi connectivity index (χ2v) is 4.11. The fraction of sp³-hybridized carbons (Fsp3) is 1.00. The molecule has 1 fully saturated rings. The van der Waals surface area contributed by atoms with Crippen molar-refractivity contribution in [3.8, 4) is 0 Å². The number of nitrogens with two attached hydrogens (primary N) is 1. The van der Waals surface area contributed by atoms with Gasteiger partial charge >= 0.3 is 0 Å². The fourth-order valence-electron chi connectivity index (χ4n) is 2.27. The van der Waals surface area contributed by atoms with Crippen molar-refractivity contribution in [2.45, 2.75) is 46.0 Å². The van der Waals surface area contributed by atoms with E-state index in [9.17, 15) is 0 Å². The van der Waals surface area contributed by atoms with Gasteiger partial charge < -0.3 is 5.73 Å². The largest absolute Gasteiger partial charge is 0.330 e. The summed E-state index contributed by atoms with van der Waals surface area (Å²) in [6.07, 6.45) is 6.83. The van der Waals surface area contributed by atoms with Crippen molar-refractivity contribution in [2.75, 3.05) is 6.54 Å². The van der Waals surface area contributed by atoms with Gasteiger partial charge in [-0.15, -0.1) is 0 Å². The normalized spacial score (nSPS) is 24.3. The van der Waals surface area contributed by atoms with Crippen LogP contribution in [0.5, 0.6) is 0 Å². The van der Waals surface area contributed by atoms with Gasteiger partial charge in [-0.05, 0) is 30.7 Å². The Morgan fingerprint density at radius 2 is 2.09 bits per heavy atom. The standard InChI is InChI=1S/C10H21N/c1-3-5-9(2)10(8-11)6-4-7-10/h9H,3-8,11H2,1-2H3. The molecule has 1 atom stereocenters. The van der Waals surface area contributed by atoms with E-state index in [1.165, 1.54) is 32.1 Å². The van der Waals surface area contributed by atoms with E-state index >= 15 is 0 Å². The third-order valence-electron chi connectivity index (χ3n) is 3.52. The van der Waals surface area contributed by atoms with Crippen LogP contribution in [0.15, 0.2) is 0 Å². The molecule has 1 nitrogen and oxygen atoms in total. The van der Waals surface area contributed by atoms with Crippen molar-refractivity contribution in [3.63, 3.8) is 0 Å².